The third kappa shape index (κ3) is 4.56. The molecule has 2 aromatic carbocycles. The number of thiophene rings is 1. The normalized spacial score (nSPS) is 10.5. The third-order valence-electron chi connectivity index (χ3n) is 3.94. The summed E-state index contributed by atoms with van der Waals surface area (Å²) in [5, 5.41) is 12.4. The van der Waals surface area contributed by atoms with Gasteiger partial charge in [-0.25, -0.2) is 4.79 Å². The van der Waals surface area contributed by atoms with Gasteiger partial charge in [0.05, 0.1) is 10.4 Å². The summed E-state index contributed by atoms with van der Waals surface area (Å²) in [5.74, 6) is -0.152. The number of nitrogens with zero attached hydrogens (tertiary/aromatic N) is 2. The van der Waals surface area contributed by atoms with E-state index in [-0.39, 0.29) is 18.4 Å². The van der Waals surface area contributed by atoms with Crippen LogP contribution in [0.5, 0.6) is 0 Å². The molecule has 7 nitrogen and oxygen atoms in total. The quantitative estimate of drug-likeness (QED) is 0.478. The highest BCUT2D eigenvalue weighted by molar-refractivity contribution is 7.12. The van der Waals surface area contributed by atoms with Gasteiger partial charge < -0.3 is 14.5 Å². The van der Waals surface area contributed by atoms with Crippen LogP contribution < -0.4 is 5.32 Å². The van der Waals surface area contributed by atoms with Crippen LogP contribution in [0.25, 0.3) is 11.5 Å². The zero-order valence-corrected chi connectivity index (χ0v) is 15.9. The van der Waals surface area contributed by atoms with Gasteiger partial charge in [0, 0.05) is 11.3 Å². The Labute approximate surface area is 170 Å². The van der Waals surface area contributed by atoms with E-state index in [1.54, 1.807) is 30.3 Å². The first-order chi connectivity index (χ1) is 14.2. The lowest BCUT2D eigenvalue weighted by atomic mass is 10.2. The summed E-state index contributed by atoms with van der Waals surface area (Å²) >= 11 is 1.36. The lowest BCUT2D eigenvalue weighted by Crippen LogP contribution is -2.10. The fraction of sp³-hybridized carbons (Fsp3) is 0.0476. The Morgan fingerprint density at radius 3 is 2.48 bits per heavy atom. The average Bonchev–Trinajstić information content (AvgIpc) is 3.45. The maximum absolute atomic E-state index is 12.2. The van der Waals surface area contributed by atoms with Gasteiger partial charge in [-0.15, -0.1) is 21.5 Å². The van der Waals surface area contributed by atoms with Gasteiger partial charge in [0.25, 0.3) is 11.8 Å². The average molecular weight is 405 g/mol. The van der Waals surface area contributed by atoms with Crippen molar-refractivity contribution < 1.29 is 18.7 Å². The third-order valence-corrected chi connectivity index (χ3v) is 4.81. The fourth-order valence-electron chi connectivity index (χ4n) is 2.51. The van der Waals surface area contributed by atoms with Gasteiger partial charge in [0.1, 0.15) is 0 Å². The number of esters is 1. The Morgan fingerprint density at radius 2 is 1.76 bits per heavy atom. The molecule has 1 amide bonds. The predicted molar refractivity (Wildman–Crippen MR) is 108 cm³/mol. The summed E-state index contributed by atoms with van der Waals surface area (Å²) < 4.78 is 10.7. The van der Waals surface area contributed by atoms with Crippen LogP contribution in [-0.2, 0) is 11.3 Å². The highest BCUT2D eigenvalue weighted by Gasteiger charge is 2.13. The second-order valence-corrected chi connectivity index (χ2v) is 6.90. The number of ether oxygens (including phenoxy) is 1. The van der Waals surface area contributed by atoms with Crippen molar-refractivity contribution in [2.45, 2.75) is 6.61 Å². The SMILES string of the molecule is O=C(OCc1nnc(-c2ccccc2)o1)c1ccc(NC(=O)c2cccs2)cc1. The maximum atomic E-state index is 12.2. The summed E-state index contributed by atoms with van der Waals surface area (Å²) in [4.78, 5) is 24.9. The van der Waals surface area contributed by atoms with Gasteiger partial charge in [-0.1, -0.05) is 24.3 Å². The molecular weight excluding hydrogens is 390 g/mol. The van der Waals surface area contributed by atoms with E-state index >= 15 is 0 Å². The summed E-state index contributed by atoms with van der Waals surface area (Å²) in [5.41, 5.74) is 1.73. The van der Waals surface area contributed by atoms with Crippen LogP contribution in [0.3, 0.4) is 0 Å². The molecule has 4 rings (SSSR count). The van der Waals surface area contributed by atoms with Crippen molar-refractivity contribution in [1.29, 1.82) is 0 Å². The Morgan fingerprint density at radius 1 is 0.966 bits per heavy atom. The second-order valence-electron chi connectivity index (χ2n) is 5.95. The first-order valence-electron chi connectivity index (χ1n) is 8.69. The first kappa shape index (κ1) is 18.6. The Kier molecular flexibility index (Phi) is 5.44. The molecule has 0 saturated heterocycles. The summed E-state index contributed by atoms with van der Waals surface area (Å²) in [6, 6.07) is 19.3. The number of nitrogens with one attached hydrogen (secondary N) is 1. The molecular formula is C21H15N3O4S. The number of carbonyl (C=O) groups is 2. The van der Waals surface area contributed by atoms with E-state index in [9.17, 15) is 9.59 Å². The molecule has 8 heteroatoms. The number of carbonyl (C=O) groups excluding carboxylic acids is 2. The summed E-state index contributed by atoms with van der Waals surface area (Å²) in [7, 11) is 0. The largest absolute Gasteiger partial charge is 0.452 e. The standard InChI is InChI=1S/C21H15N3O4S/c25-19(17-7-4-12-29-17)22-16-10-8-15(9-11-16)21(26)27-13-18-23-24-20(28-18)14-5-2-1-3-6-14/h1-12H,13H2,(H,22,25). The number of aromatic nitrogens is 2. The molecule has 0 atom stereocenters. The molecule has 0 aliphatic rings. The fourth-order valence-corrected chi connectivity index (χ4v) is 3.13. The van der Waals surface area contributed by atoms with E-state index in [0.29, 0.717) is 22.0 Å². The topological polar surface area (TPSA) is 94.3 Å². The van der Waals surface area contributed by atoms with Gasteiger partial charge in [-0.05, 0) is 47.8 Å². The van der Waals surface area contributed by atoms with E-state index in [2.05, 4.69) is 15.5 Å². The molecule has 0 fully saturated rings. The zero-order chi connectivity index (χ0) is 20.1. The second kappa shape index (κ2) is 8.49. The van der Waals surface area contributed by atoms with Crippen molar-refractivity contribution in [1.82, 2.24) is 10.2 Å². The van der Waals surface area contributed by atoms with Crippen LogP contribution in [-0.4, -0.2) is 22.1 Å². The van der Waals surface area contributed by atoms with Crippen LogP contribution in [0.1, 0.15) is 25.9 Å². The summed E-state index contributed by atoms with van der Waals surface area (Å²) in [6.07, 6.45) is 0. The van der Waals surface area contributed by atoms with E-state index in [1.165, 1.54) is 11.3 Å². The van der Waals surface area contributed by atoms with Crippen LogP contribution in [0, 0.1) is 0 Å². The minimum atomic E-state index is -0.527. The molecule has 1 N–H and O–H groups in total. The van der Waals surface area contributed by atoms with Crippen molar-refractivity contribution in [3.63, 3.8) is 0 Å². The molecule has 0 unspecified atom stereocenters. The van der Waals surface area contributed by atoms with Gasteiger partial charge in [0.15, 0.2) is 6.61 Å². The maximum Gasteiger partial charge on any atom is 0.338 e. The number of amides is 1. The van der Waals surface area contributed by atoms with Crippen molar-refractivity contribution in [2.24, 2.45) is 0 Å². The highest BCUT2D eigenvalue weighted by Crippen LogP contribution is 2.18. The molecule has 0 spiro atoms. The van der Waals surface area contributed by atoms with Crippen molar-refractivity contribution in [2.75, 3.05) is 5.32 Å². The molecule has 2 aromatic heterocycles. The lowest BCUT2D eigenvalue weighted by molar-refractivity contribution is 0.0438. The monoisotopic (exact) mass is 405 g/mol. The molecule has 0 bridgehead atoms. The van der Waals surface area contributed by atoms with Crippen molar-refractivity contribution >= 4 is 28.9 Å². The Bertz CT molecular complexity index is 1110. The summed E-state index contributed by atoms with van der Waals surface area (Å²) in [6.45, 7) is -0.129. The Hall–Kier alpha value is -3.78. The van der Waals surface area contributed by atoms with Crippen molar-refractivity contribution in [3.05, 3.63) is 88.4 Å². The van der Waals surface area contributed by atoms with E-state index in [4.69, 9.17) is 9.15 Å². The number of hydrogen-bond donors (Lipinski definition) is 1. The molecule has 0 saturated carbocycles. The van der Waals surface area contributed by atoms with E-state index in [0.717, 1.165) is 5.56 Å². The highest BCUT2D eigenvalue weighted by atomic mass is 32.1. The van der Waals surface area contributed by atoms with E-state index < -0.39 is 5.97 Å². The van der Waals surface area contributed by atoms with Gasteiger partial charge in [-0.3, -0.25) is 4.79 Å². The molecule has 0 aliphatic heterocycles. The van der Waals surface area contributed by atoms with Crippen LogP contribution in [0.15, 0.2) is 76.5 Å². The Balaban J connectivity index is 1.33. The van der Waals surface area contributed by atoms with Gasteiger partial charge in [0.2, 0.25) is 5.89 Å². The molecule has 4 aromatic rings. The number of hydrogen-bond acceptors (Lipinski definition) is 7. The molecule has 144 valence electrons. The van der Waals surface area contributed by atoms with E-state index in [1.807, 2.05) is 41.8 Å². The molecule has 2 heterocycles. The predicted octanol–water partition coefficient (Wildman–Crippen LogP) is 4.41. The van der Waals surface area contributed by atoms with Crippen LogP contribution in [0.4, 0.5) is 5.69 Å². The lowest BCUT2D eigenvalue weighted by Gasteiger charge is -2.05. The minimum Gasteiger partial charge on any atom is -0.452 e. The van der Waals surface area contributed by atoms with Gasteiger partial charge >= 0.3 is 5.97 Å². The first-order valence-corrected chi connectivity index (χ1v) is 9.57. The number of rotatable bonds is 6. The smallest absolute Gasteiger partial charge is 0.338 e. The van der Waals surface area contributed by atoms with Gasteiger partial charge in [-0.2, -0.15) is 0 Å². The number of anilines is 1. The molecule has 0 radical (unpaired) electrons. The molecule has 29 heavy (non-hydrogen) atoms. The zero-order valence-electron chi connectivity index (χ0n) is 15.1. The van der Waals surface area contributed by atoms with Crippen LogP contribution in [0.2, 0.25) is 0 Å². The van der Waals surface area contributed by atoms with Crippen LogP contribution >= 0.6 is 11.3 Å². The minimum absolute atomic E-state index is 0.129. The number of benzene rings is 2. The molecule has 0 aliphatic carbocycles. The van der Waals surface area contributed by atoms with Crippen molar-refractivity contribution in [3.8, 4) is 11.5 Å².